The molecule has 2 rings (SSSR count). The van der Waals surface area contributed by atoms with E-state index in [1.165, 1.54) is 11.3 Å². The highest BCUT2D eigenvalue weighted by Gasteiger charge is 2.04. The number of anilines is 1. The van der Waals surface area contributed by atoms with Gasteiger partial charge in [0.15, 0.2) is 5.13 Å². The van der Waals surface area contributed by atoms with Gasteiger partial charge in [0.2, 0.25) is 5.91 Å². The summed E-state index contributed by atoms with van der Waals surface area (Å²) < 4.78 is 1.82. The molecule has 0 aliphatic heterocycles. The summed E-state index contributed by atoms with van der Waals surface area (Å²) in [5, 5.41) is 5.31. The van der Waals surface area contributed by atoms with Gasteiger partial charge in [-0.1, -0.05) is 0 Å². The predicted molar refractivity (Wildman–Crippen MR) is 59.9 cm³/mol. The summed E-state index contributed by atoms with van der Waals surface area (Å²) in [5.41, 5.74) is 0.927. The van der Waals surface area contributed by atoms with Crippen LogP contribution in [-0.4, -0.2) is 15.5 Å². The molecule has 0 radical (unpaired) electrons. The van der Waals surface area contributed by atoms with Gasteiger partial charge in [0.25, 0.3) is 0 Å². The van der Waals surface area contributed by atoms with E-state index in [-0.39, 0.29) is 5.91 Å². The van der Waals surface area contributed by atoms with E-state index < -0.39 is 0 Å². The van der Waals surface area contributed by atoms with E-state index >= 15 is 0 Å². The lowest BCUT2D eigenvalue weighted by atomic mass is 10.5. The van der Waals surface area contributed by atoms with Gasteiger partial charge in [-0.15, -0.1) is 11.3 Å². The molecule has 2 aromatic rings. The SMILES string of the molecule is Cc1csc(NC(=O)Cn2cccc2)n1. The number of hydrogen-bond donors (Lipinski definition) is 1. The minimum Gasteiger partial charge on any atom is -0.345 e. The van der Waals surface area contributed by atoms with Crippen molar-refractivity contribution >= 4 is 22.4 Å². The van der Waals surface area contributed by atoms with Crippen LogP contribution in [0.15, 0.2) is 29.9 Å². The Kier molecular flexibility index (Phi) is 2.82. The summed E-state index contributed by atoms with van der Waals surface area (Å²) in [5.74, 6) is -0.0550. The number of carbonyl (C=O) groups is 1. The quantitative estimate of drug-likeness (QED) is 0.860. The normalized spacial score (nSPS) is 10.2. The van der Waals surface area contributed by atoms with Crippen molar-refractivity contribution in [2.45, 2.75) is 13.5 Å². The van der Waals surface area contributed by atoms with Crippen molar-refractivity contribution in [3.05, 3.63) is 35.6 Å². The molecule has 5 heteroatoms. The number of rotatable bonds is 3. The number of aromatic nitrogens is 2. The lowest BCUT2D eigenvalue weighted by molar-refractivity contribution is -0.116. The summed E-state index contributed by atoms with van der Waals surface area (Å²) in [6.07, 6.45) is 3.71. The molecule has 0 aromatic carbocycles. The Labute approximate surface area is 91.6 Å². The van der Waals surface area contributed by atoms with Crippen molar-refractivity contribution < 1.29 is 4.79 Å². The molecule has 1 N–H and O–H groups in total. The van der Waals surface area contributed by atoms with Crippen LogP contribution < -0.4 is 5.32 Å². The Balaban J connectivity index is 1.93. The zero-order valence-corrected chi connectivity index (χ0v) is 9.12. The van der Waals surface area contributed by atoms with Gasteiger partial charge in [-0.25, -0.2) is 4.98 Å². The van der Waals surface area contributed by atoms with E-state index in [0.29, 0.717) is 11.7 Å². The van der Waals surface area contributed by atoms with E-state index in [1.54, 1.807) is 0 Å². The maximum Gasteiger partial charge on any atom is 0.246 e. The van der Waals surface area contributed by atoms with Gasteiger partial charge in [0.05, 0.1) is 5.69 Å². The Bertz CT molecular complexity index is 447. The number of thiazole rings is 1. The van der Waals surface area contributed by atoms with Gasteiger partial charge in [-0.05, 0) is 19.1 Å². The minimum absolute atomic E-state index is 0.0550. The van der Waals surface area contributed by atoms with Crippen LogP contribution in [0, 0.1) is 6.92 Å². The number of nitrogens with one attached hydrogen (secondary N) is 1. The molecule has 0 aliphatic rings. The molecule has 0 spiro atoms. The first kappa shape index (κ1) is 9.92. The van der Waals surface area contributed by atoms with Crippen LogP contribution in [-0.2, 0) is 11.3 Å². The second-order valence-electron chi connectivity index (χ2n) is 3.20. The first-order valence-corrected chi connectivity index (χ1v) is 5.45. The smallest absolute Gasteiger partial charge is 0.246 e. The van der Waals surface area contributed by atoms with E-state index in [9.17, 15) is 4.79 Å². The zero-order valence-electron chi connectivity index (χ0n) is 8.30. The van der Waals surface area contributed by atoms with Crippen molar-refractivity contribution in [2.24, 2.45) is 0 Å². The predicted octanol–water partition coefficient (Wildman–Crippen LogP) is 1.89. The van der Waals surface area contributed by atoms with Crippen LogP contribution in [0.5, 0.6) is 0 Å². The Morgan fingerprint density at radius 3 is 2.87 bits per heavy atom. The number of nitrogens with zero attached hydrogens (tertiary/aromatic N) is 2. The van der Waals surface area contributed by atoms with Gasteiger partial charge < -0.3 is 9.88 Å². The summed E-state index contributed by atoms with van der Waals surface area (Å²) in [4.78, 5) is 15.7. The van der Waals surface area contributed by atoms with Crippen LogP contribution in [0.2, 0.25) is 0 Å². The number of hydrogen-bond acceptors (Lipinski definition) is 3. The van der Waals surface area contributed by atoms with Crippen LogP contribution in [0.1, 0.15) is 5.69 Å². The van der Waals surface area contributed by atoms with Gasteiger partial charge in [-0.3, -0.25) is 4.79 Å². The summed E-state index contributed by atoms with van der Waals surface area (Å²) >= 11 is 1.44. The number of carbonyl (C=O) groups excluding carboxylic acids is 1. The largest absolute Gasteiger partial charge is 0.345 e. The molecule has 4 nitrogen and oxygen atoms in total. The second kappa shape index (κ2) is 4.27. The lowest BCUT2D eigenvalue weighted by Crippen LogP contribution is -2.17. The van der Waals surface area contributed by atoms with Crippen molar-refractivity contribution in [3.63, 3.8) is 0 Å². The van der Waals surface area contributed by atoms with Crippen LogP contribution >= 0.6 is 11.3 Å². The molecule has 0 bridgehead atoms. The number of amides is 1. The molecule has 2 heterocycles. The Morgan fingerprint density at radius 1 is 1.53 bits per heavy atom. The average Bonchev–Trinajstić information content (AvgIpc) is 2.77. The molecule has 0 atom stereocenters. The van der Waals surface area contributed by atoms with Crippen molar-refractivity contribution in [1.29, 1.82) is 0 Å². The highest BCUT2D eigenvalue weighted by atomic mass is 32.1. The van der Waals surface area contributed by atoms with Gasteiger partial charge in [-0.2, -0.15) is 0 Å². The topological polar surface area (TPSA) is 46.9 Å². The van der Waals surface area contributed by atoms with Crippen molar-refractivity contribution in [2.75, 3.05) is 5.32 Å². The molecular weight excluding hydrogens is 210 g/mol. The van der Waals surface area contributed by atoms with Crippen molar-refractivity contribution in [1.82, 2.24) is 9.55 Å². The highest BCUT2D eigenvalue weighted by Crippen LogP contribution is 2.14. The van der Waals surface area contributed by atoms with E-state index in [4.69, 9.17) is 0 Å². The minimum atomic E-state index is -0.0550. The first-order valence-electron chi connectivity index (χ1n) is 4.57. The highest BCUT2D eigenvalue weighted by molar-refractivity contribution is 7.13. The van der Waals surface area contributed by atoms with Gasteiger partial charge in [0, 0.05) is 17.8 Å². The Morgan fingerprint density at radius 2 is 2.27 bits per heavy atom. The summed E-state index contributed by atoms with van der Waals surface area (Å²) in [6.45, 7) is 2.23. The molecule has 0 saturated carbocycles. The molecule has 78 valence electrons. The monoisotopic (exact) mass is 221 g/mol. The molecule has 2 aromatic heterocycles. The van der Waals surface area contributed by atoms with Crippen LogP contribution in [0.25, 0.3) is 0 Å². The third kappa shape index (κ3) is 2.66. The van der Waals surface area contributed by atoms with Gasteiger partial charge in [0.1, 0.15) is 6.54 Å². The third-order valence-corrected chi connectivity index (χ3v) is 2.73. The fourth-order valence-corrected chi connectivity index (χ4v) is 1.92. The first-order chi connectivity index (χ1) is 7.24. The average molecular weight is 221 g/mol. The Hall–Kier alpha value is -1.62. The molecular formula is C10H11N3OS. The van der Waals surface area contributed by atoms with Gasteiger partial charge >= 0.3 is 0 Å². The fourth-order valence-electron chi connectivity index (χ4n) is 1.21. The van der Waals surface area contributed by atoms with Crippen LogP contribution in [0.3, 0.4) is 0 Å². The molecule has 0 aliphatic carbocycles. The zero-order chi connectivity index (χ0) is 10.7. The molecule has 15 heavy (non-hydrogen) atoms. The molecule has 0 fully saturated rings. The summed E-state index contributed by atoms with van der Waals surface area (Å²) in [7, 11) is 0. The maximum absolute atomic E-state index is 11.5. The van der Waals surface area contributed by atoms with Crippen LogP contribution in [0.4, 0.5) is 5.13 Å². The third-order valence-electron chi connectivity index (χ3n) is 1.86. The second-order valence-corrected chi connectivity index (χ2v) is 4.06. The maximum atomic E-state index is 11.5. The van der Waals surface area contributed by atoms with E-state index in [0.717, 1.165) is 5.69 Å². The molecule has 0 saturated heterocycles. The lowest BCUT2D eigenvalue weighted by Gasteiger charge is -2.02. The van der Waals surface area contributed by atoms with Crippen molar-refractivity contribution in [3.8, 4) is 0 Å². The number of aryl methyl sites for hydroxylation is 1. The molecule has 1 amide bonds. The van der Waals surface area contributed by atoms with E-state index in [1.807, 2.05) is 41.4 Å². The fraction of sp³-hybridized carbons (Fsp3) is 0.200. The summed E-state index contributed by atoms with van der Waals surface area (Å²) in [6, 6.07) is 3.78. The molecule has 0 unspecified atom stereocenters. The van der Waals surface area contributed by atoms with E-state index in [2.05, 4.69) is 10.3 Å². The standard InChI is InChI=1S/C10H11N3OS/c1-8-7-15-10(11-8)12-9(14)6-13-4-2-3-5-13/h2-5,7H,6H2,1H3,(H,11,12,14).